The molecule has 0 bridgehead atoms. The molecule has 1 saturated carbocycles. The lowest BCUT2D eigenvalue weighted by molar-refractivity contribution is -0.148. The van der Waals surface area contributed by atoms with Crippen molar-refractivity contribution in [3.8, 4) is 0 Å². The first-order chi connectivity index (χ1) is 15.3. The predicted octanol–water partition coefficient (Wildman–Crippen LogP) is 3.21. The standard InChI is InChI=1S/C26H37N3O3/c1-18-15-23-22(9-8-20(3)26(23,31)16-24(18)32-21(4)30)19(2)17-28-11-13-29(14-12-28)25-7-5-6-10-27-25/h5-7,10,15,19-20,22-24,31H,8-9,11-14,17H2,1-4H3/t19-,20-,22+,23-,24-,26-/m1/s1. The Morgan fingerprint density at radius 3 is 2.72 bits per heavy atom. The van der Waals surface area contributed by atoms with Crippen LogP contribution in [0.2, 0.25) is 0 Å². The molecule has 0 amide bonds. The van der Waals surface area contributed by atoms with E-state index in [0.717, 1.165) is 57.0 Å². The van der Waals surface area contributed by atoms with E-state index in [-0.39, 0.29) is 17.8 Å². The third kappa shape index (κ3) is 4.72. The van der Waals surface area contributed by atoms with Gasteiger partial charge in [0.1, 0.15) is 11.9 Å². The van der Waals surface area contributed by atoms with Gasteiger partial charge in [-0.15, -0.1) is 0 Å². The Kier molecular flexibility index (Phi) is 6.91. The minimum Gasteiger partial charge on any atom is -0.457 e. The molecule has 32 heavy (non-hydrogen) atoms. The molecule has 6 atom stereocenters. The number of fused-ring (bicyclic) bond motifs is 1. The van der Waals surface area contributed by atoms with Crippen LogP contribution in [0.3, 0.4) is 0 Å². The lowest BCUT2D eigenvalue weighted by Crippen LogP contribution is -2.57. The molecular formula is C26H37N3O3. The number of pyridine rings is 1. The number of carbonyl (C=O) groups is 1. The molecule has 1 saturated heterocycles. The zero-order chi connectivity index (χ0) is 22.9. The van der Waals surface area contributed by atoms with Crippen LogP contribution < -0.4 is 4.90 Å². The van der Waals surface area contributed by atoms with Crippen molar-refractivity contribution in [1.29, 1.82) is 0 Å². The summed E-state index contributed by atoms with van der Waals surface area (Å²) in [5.41, 5.74) is -0.0702. The third-order valence-corrected chi connectivity index (χ3v) is 7.78. The van der Waals surface area contributed by atoms with E-state index < -0.39 is 11.7 Å². The van der Waals surface area contributed by atoms with Crippen LogP contribution in [-0.4, -0.2) is 65.4 Å². The molecule has 3 aliphatic rings. The van der Waals surface area contributed by atoms with Gasteiger partial charge in [0.15, 0.2) is 0 Å². The number of anilines is 1. The van der Waals surface area contributed by atoms with Crippen LogP contribution in [0.1, 0.15) is 40.5 Å². The van der Waals surface area contributed by atoms with Crippen molar-refractivity contribution >= 4 is 11.8 Å². The second-order valence-electron chi connectivity index (χ2n) is 9.99. The number of hydrogen-bond donors (Lipinski definition) is 1. The Labute approximate surface area is 192 Å². The van der Waals surface area contributed by atoms with Gasteiger partial charge in [-0.05, 0) is 55.2 Å². The van der Waals surface area contributed by atoms with E-state index in [1.54, 1.807) is 0 Å². The van der Waals surface area contributed by atoms with Crippen molar-refractivity contribution in [3.05, 3.63) is 42.5 Å². The summed E-state index contributed by atoms with van der Waals surface area (Å²) in [6.45, 7) is 12.9. The second kappa shape index (κ2) is 9.52. The minimum atomic E-state index is -1.05. The molecule has 0 aromatic carbocycles. The number of rotatable bonds is 5. The average molecular weight is 440 g/mol. The number of nitrogens with zero attached hydrogens (tertiary/aromatic N) is 3. The molecule has 1 aliphatic heterocycles. The van der Waals surface area contributed by atoms with Crippen LogP contribution in [0, 0.1) is 30.1 Å². The van der Waals surface area contributed by atoms with E-state index in [1.807, 2.05) is 25.3 Å². The highest BCUT2D eigenvalue weighted by Gasteiger charge is 2.53. The largest absolute Gasteiger partial charge is 0.457 e. The smallest absolute Gasteiger partial charge is 0.303 e. The van der Waals surface area contributed by atoms with Crippen LogP contribution in [0.5, 0.6) is 0 Å². The van der Waals surface area contributed by atoms with Gasteiger partial charge in [-0.3, -0.25) is 9.69 Å². The maximum Gasteiger partial charge on any atom is 0.303 e. The van der Waals surface area contributed by atoms with Gasteiger partial charge in [0.05, 0.1) is 12.0 Å². The quantitative estimate of drug-likeness (QED) is 0.561. The van der Waals surface area contributed by atoms with Gasteiger partial charge in [-0.2, -0.15) is 0 Å². The normalized spacial score (nSPS) is 34.4. The van der Waals surface area contributed by atoms with Crippen LogP contribution in [0.4, 0.5) is 5.82 Å². The maximum absolute atomic E-state index is 11.7. The Hall–Kier alpha value is -1.92. The summed E-state index contributed by atoms with van der Waals surface area (Å²) < 4.78 is 5.43. The second-order valence-corrected chi connectivity index (χ2v) is 9.99. The van der Waals surface area contributed by atoms with Gasteiger partial charge in [-0.1, -0.05) is 26.0 Å². The van der Waals surface area contributed by atoms with Crippen molar-refractivity contribution in [1.82, 2.24) is 9.88 Å². The number of piperazine rings is 1. The fraction of sp³-hybridized carbons (Fsp3) is 0.654. The summed E-state index contributed by atoms with van der Waals surface area (Å²) in [5, 5.41) is 11.7. The van der Waals surface area contributed by atoms with Crippen LogP contribution >= 0.6 is 0 Å². The number of aliphatic hydroxyl groups is 1. The number of hydrogen-bond acceptors (Lipinski definition) is 6. The monoisotopic (exact) mass is 439 g/mol. The van der Waals surface area contributed by atoms with Crippen LogP contribution in [0.25, 0.3) is 0 Å². The highest BCUT2D eigenvalue weighted by Crippen LogP contribution is 2.50. The summed E-state index contributed by atoms with van der Waals surface area (Å²) in [7, 11) is 0. The number of esters is 1. The number of aromatic nitrogens is 1. The molecule has 6 nitrogen and oxygen atoms in total. The molecule has 2 radical (unpaired) electrons. The van der Waals surface area contributed by atoms with E-state index in [0.29, 0.717) is 11.8 Å². The fourth-order valence-corrected chi connectivity index (χ4v) is 5.85. The first-order valence-corrected chi connectivity index (χ1v) is 12.0. The molecule has 6 heteroatoms. The molecule has 1 N–H and O–H groups in total. The molecule has 2 heterocycles. The molecular weight excluding hydrogens is 402 g/mol. The number of carbonyl (C=O) groups excluding carboxylic acids is 1. The Balaban J connectivity index is 1.41. The lowest BCUT2D eigenvalue weighted by atomic mass is 9.57. The van der Waals surface area contributed by atoms with Crippen LogP contribution in [0.15, 0.2) is 36.0 Å². The number of ether oxygens (including phenoxy) is 1. The maximum atomic E-state index is 11.7. The predicted molar refractivity (Wildman–Crippen MR) is 125 cm³/mol. The molecule has 1 aromatic rings. The van der Waals surface area contributed by atoms with Crippen molar-refractivity contribution in [3.63, 3.8) is 0 Å². The van der Waals surface area contributed by atoms with Crippen LogP contribution in [-0.2, 0) is 9.53 Å². The molecule has 2 fully saturated rings. The Bertz CT molecular complexity index is 821. The third-order valence-electron chi connectivity index (χ3n) is 7.78. The van der Waals surface area contributed by atoms with Gasteiger partial charge in [0.25, 0.3) is 0 Å². The van der Waals surface area contributed by atoms with E-state index in [2.05, 4.69) is 47.2 Å². The summed E-state index contributed by atoms with van der Waals surface area (Å²) in [4.78, 5) is 20.9. The zero-order valence-corrected chi connectivity index (χ0v) is 19.8. The average Bonchev–Trinajstić information content (AvgIpc) is 2.77. The van der Waals surface area contributed by atoms with Gasteiger partial charge in [-0.25, -0.2) is 4.98 Å². The minimum absolute atomic E-state index is 0.0165. The van der Waals surface area contributed by atoms with E-state index in [9.17, 15) is 9.90 Å². The summed E-state index contributed by atoms with van der Waals surface area (Å²) in [6, 6.07) is 6.08. The van der Waals surface area contributed by atoms with Gasteiger partial charge in [0.2, 0.25) is 0 Å². The van der Waals surface area contributed by atoms with Gasteiger partial charge in [0, 0.05) is 51.8 Å². The molecule has 2 aliphatic carbocycles. The fourth-order valence-electron chi connectivity index (χ4n) is 5.85. The SMILES string of the molecule is CC(=O)O[C@@H]1[C][C@@]2(O)[C@H](C)CC[C@@H]([C@H](C)CN3CCN(c4ccccn4)CC3)[C@H]2C=C1C. The van der Waals surface area contributed by atoms with E-state index >= 15 is 0 Å². The van der Waals surface area contributed by atoms with Gasteiger partial charge < -0.3 is 14.7 Å². The summed E-state index contributed by atoms with van der Waals surface area (Å²) in [6.07, 6.45) is 8.83. The summed E-state index contributed by atoms with van der Waals surface area (Å²) >= 11 is 0. The van der Waals surface area contributed by atoms with E-state index in [1.165, 1.54) is 6.92 Å². The van der Waals surface area contributed by atoms with Crippen molar-refractivity contribution in [2.45, 2.75) is 52.2 Å². The lowest BCUT2D eigenvalue weighted by Gasteiger charge is -2.53. The topological polar surface area (TPSA) is 65.9 Å². The molecule has 1 aromatic heterocycles. The van der Waals surface area contributed by atoms with Crippen molar-refractivity contribution in [2.75, 3.05) is 37.6 Å². The van der Waals surface area contributed by atoms with Crippen molar-refractivity contribution < 1.29 is 14.6 Å². The summed E-state index contributed by atoms with van der Waals surface area (Å²) in [5.74, 6) is 1.67. The molecule has 174 valence electrons. The molecule has 0 spiro atoms. The zero-order valence-electron chi connectivity index (χ0n) is 19.8. The molecule has 0 unspecified atom stereocenters. The first kappa shape index (κ1) is 23.2. The Morgan fingerprint density at radius 1 is 1.31 bits per heavy atom. The highest BCUT2D eigenvalue weighted by atomic mass is 16.5. The van der Waals surface area contributed by atoms with Gasteiger partial charge >= 0.3 is 5.97 Å². The first-order valence-electron chi connectivity index (χ1n) is 12.0. The highest BCUT2D eigenvalue weighted by molar-refractivity contribution is 5.66. The van der Waals surface area contributed by atoms with E-state index in [4.69, 9.17) is 4.74 Å². The Morgan fingerprint density at radius 2 is 2.06 bits per heavy atom. The van der Waals surface area contributed by atoms with Crippen molar-refractivity contribution in [2.24, 2.45) is 23.7 Å². The molecule has 4 rings (SSSR count).